The number of aliphatic hydroxyl groups is 1. The molecule has 1 atom stereocenters. The Labute approximate surface area is 212 Å². The van der Waals surface area contributed by atoms with Gasteiger partial charge in [0.05, 0.1) is 15.9 Å². The minimum atomic E-state index is -3.83. The van der Waals surface area contributed by atoms with E-state index in [1.54, 1.807) is 30.3 Å². The van der Waals surface area contributed by atoms with Crippen LogP contribution in [0.3, 0.4) is 0 Å². The zero-order valence-corrected chi connectivity index (χ0v) is 20.5. The van der Waals surface area contributed by atoms with E-state index < -0.39 is 21.8 Å². The molecule has 0 aliphatic rings. The number of nitrogens with zero attached hydrogens (tertiary/aromatic N) is 3. The zero-order chi connectivity index (χ0) is 25.5. The van der Waals surface area contributed by atoms with Crippen LogP contribution in [0, 0.1) is 0 Å². The van der Waals surface area contributed by atoms with Crippen molar-refractivity contribution < 1.29 is 18.3 Å². The number of carbonyl (C=O) groups is 1. The molecule has 0 saturated carbocycles. The Hall–Kier alpha value is -3.64. The van der Waals surface area contributed by atoms with Crippen LogP contribution in [-0.4, -0.2) is 53.1 Å². The monoisotopic (exact) mass is 526 g/mol. The number of aromatic amines is 1. The number of carbonyl (C=O) groups excluding carboxylic acids is 1. The molecule has 0 unspecified atom stereocenters. The quantitative estimate of drug-likeness (QED) is 0.230. The molecule has 186 valence electrons. The van der Waals surface area contributed by atoms with Gasteiger partial charge in [-0.2, -0.15) is 5.21 Å². The molecule has 4 rings (SSSR count). The minimum absolute atomic E-state index is 0.00678. The first-order valence-corrected chi connectivity index (χ1v) is 12.8. The molecule has 0 aliphatic heterocycles. The molecule has 0 fully saturated rings. The summed E-state index contributed by atoms with van der Waals surface area (Å²) < 4.78 is 26.2. The number of anilines is 1. The van der Waals surface area contributed by atoms with Gasteiger partial charge >= 0.3 is 0 Å². The number of aromatic nitrogens is 4. The molecule has 3 aromatic carbocycles. The first kappa shape index (κ1) is 25.5. The zero-order valence-electron chi connectivity index (χ0n) is 18.9. The lowest BCUT2D eigenvalue weighted by atomic mass is 10.1. The molecule has 0 aliphatic carbocycles. The summed E-state index contributed by atoms with van der Waals surface area (Å²) in [4.78, 5) is 12.5. The molecule has 1 aromatic heterocycles. The van der Waals surface area contributed by atoms with Crippen molar-refractivity contribution in [2.75, 3.05) is 18.4 Å². The number of halogens is 1. The predicted octanol–water partition coefficient (Wildman–Crippen LogP) is 2.80. The summed E-state index contributed by atoms with van der Waals surface area (Å²) in [5.41, 5.74) is 1.82. The van der Waals surface area contributed by atoms with Gasteiger partial charge in [-0.3, -0.25) is 10.1 Å². The molecule has 0 bridgehead atoms. The fraction of sp³-hybridized carbons (Fsp3) is 0.167. The van der Waals surface area contributed by atoms with Gasteiger partial charge in [0, 0.05) is 17.1 Å². The van der Waals surface area contributed by atoms with Crippen molar-refractivity contribution >= 4 is 33.3 Å². The number of sulfone groups is 1. The van der Waals surface area contributed by atoms with E-state index in [1.165, 1.54) is 36.4 Å². The maximum atomic E-state index is 13.1. The number of H-pyrrole nitrogens is 1. The lowest BCUT2D eigenvalue weighted by Crippen LogP contribution is -2.23. The minimum Gasteiger partial charge on any atom is -0.387 e. The molecule has 4 N–H and O–H groups in total. The van der Waals surface area contributed by atoms with Gasteiger partial charge in [0.1, 0.15) is 0 Å². The molecule has 0 saturated heterocycles. The highest BCUT2D eigenvalue weighted by atomic mass is 35.5. The third kappa shape index (κ3) is 6.32. The average molecular weight is 527 g/mol. The van der Waals surface area contributed by atoms with Crippen molar-refractivity contribution in [2.24, 2.45) is 0 Å². The van der Waals surface area contributed by atoms with Crippen molar-refractivity contribution in [1.29, 1.82) is 0 Å². The summed E-state index contributed by atoms with van der Waals surface area (Å²) in [5, 5.41) is 29.3. The van der Waals surface area contributed by atoms with Gasteiger partial charge in [-0.1, -0.05) is 47.0 Å². The van der Waals surface area contributed by atoms with Crippen LogP contribution in [-0.2, 0) is 16.3 Å². The van der Waals surface area contributed by atoms with Gasteiger partial charge in [-0.05, 0) is 71.8 Å². The van der Waals surface area contributed by atoms with Gasteiger partial charge in [0.15, 0.2) is 0 Å². The Bertz CT molecular complexity index is 1430. The van der Waals surface area contributed by atoms with Gasteiger partial charge < -0.3 is 10.4 Å². The Morgan fingerprint density at radius 1 is 1.03 bits per heavy atom. The highest BCUT2D eigenvalue weighted by Crippen LogP contribution is 2.23. The van der Waals surface area contributed by atoms with Gasteiger partial charge in [-0.15, -0.1) is 5.10 Å². The number of rotatable bonds is 10. The largest absolute Gasteiger partial charge is 0.387 e. The first-order chi connectivity index (χ1) is 17.3. The van der Waals surface area contributed by atoms with E-state index >= 15 is 0 Å². The molecule has 4 aromatic rings. The molecule has 0 spiro atoms. The van der Waals surface area contributed by atoms with E-state index in [-0.39, 0.29) is 21.3 Å². The molecule has 0 radical (unpaired) electrons. The normalized spacial score (nSPS) is 12.3. The van der Waals surface area contributed by atoms with Crippen LogP contribution >= 0.6 is 11.6 Å². The van der Waals surface area contributed by atoms with Crippen molar-refractivity contribution in [3.8, 4) is 0 Å². The second-order valence-electron chi connectivity index (χ2n) is 7.89. The fourth-order valence-corrected chi connectivity index (χ4v) is 4.97. The van der Waals surface area contributed by atoms with Crippen LogP contribution < -0.4 is 10.6 Å². The Morgan fingerprint density at radius 3 is 2.53 bits per heavy atom. The second-order valence-corrected chi connectivity index (χ2v) is 10.3. The highest BCUT2D eigenvalue weighted by Gasteiger charge is 2.20. The number of nitrogens with one attached hydrogen (secondary N) is 3. The Balaban J connectivity index is 1.34. The standard InChI is InChI=1S/C24H23ClN6O4S/c25-19-5-1-3-17(13-19)22(32)15-26-12-11-16-7-9-20(10-8-16)36(34,35)21-6-2-4-18(14-21)23(33)27-24-28-30-31-29-24/h1-10,13-14,22,26,32H,11-12,15H2,(H2,27,28,29,30,31,33)/t22-/m0/s1. The summed E-state index contributed by atoms with van der Waals surface area (Å²) in [6, 6.07) is 19.4. The van der Waals surface area contributed by atoms with Gasteiger partial charge in [-0.25, -0.2) is 8.42 Å². The van der Waals surface area contributed by atoms with Gasteiger partial charge in [0.2, 0.25) is 9.84 Å². The summed E-state index contributed by atoms with van der Waals surface area (Å²) in [7, 11) is -3.83. The van der Waals surface area contributed by atoms with E-state index in [1.807, 2.05) is 6.07 Å². The predicted molar refractivity (Wildman–Crippen MR) is 133 cm³/mol. The molecular formula is C24H23ClN6O4S. The van der Waals surface area contributed by atoms with E-state index in [2.05, 4.69) is 31.3 Å². The molecule has 10 nitrogen and oxygen atoms in total. The number of hydrogen-bond acceptors (Lipinski definition) is 8. The summed E-state index contributed by atoms with van der Waals surface area (Å²) in [5.74, 6) is -0.575. The SMILES string of the molecule is O=C(Nc1nn[nH]n1)c1cccc(S(=O)(=O)c2ccc(CCNC[C@H](O)c3cccc(Cl)c3)cc2)c1. The maximum Gasteiger partial charge on any atom is 0.270 e. The van der Waals surface area contributed by atoms with Crippen molar-refractivity contribution in [1.82, 2.24) is 25.9 Å². The van der Waals surface area contributed by atoms with Crippen LogP contribution in [0.1, 0.15) is 27.6 Å². The number of amides is 1. The summed E-state index contributed by atoms with van der Waals surface area (Å²) >= 11 is 5.96. The van der Waals surface area contributed by atoms with Crippen molar-refractivity contribution in [3.63, 3.8) is 0 Å². The van der Waals surface area contributed by atoms with Crippen LogP contribution in [0.25, 0.3) is 0 Å². The third-order valence-corrected chi connectivity index (χ3v) is 7.37. The summed E-state index contributed by atoms with van der Waals surface area (Å²) in [6.07, 6.45) is -0.0322. The van der Waals surface area contributed by atoms with E-state index in [0.717, 1.165) is 11.1 Å². The third-order valence-electron chi connectivity index (χ3n) is 5.37. The van der Waals surface area contributed by atoms with Crippen LogP contribution in [0.2, 0.25) is 5.02 Å². The maximum absolute atomic E-state index is 13.1. The highest BCUT2D eigenvalue weighted by molar-refractivity contribution is 7.91. The molecule has 1 heterocycles. The lowest BCUT2D eigenvalue weighted by molar-refractivity contribution is 0.102. The number of hydrogen-bond donors (Lipinski definition) is 4. The second kappa shape index (κ2) is 11.4. The molecule has 36 heavy (non-hydrogen) atoms. The smallest absolute Gasteiger partial charge is 0.270 e. The number of tetrazole rings is 1. The molecular weight excluding hydrogens is 504 g/mol. The molecule has 1 amide bonds. The summed E-state index contributed by atoms with van der Waals surface area (Å²) in [6.45, 7) is 0.963. The first-order valence-electron chi connectivity index (χ1n) is 11.0. The van der Waals surface area contributed by atoms with Crippen LogP contribution in [0.15, 0.2) is 82.6 Å². The Morgan fingerprint density at radius 2 is 1.81 bits per heavy atom. The Kier molecular flexibility index (Phi) is 8.06. The topological polar surface area (TPSA) is 150 Å². The fourth-order valence-electron chi connectivity index (χ4n) is 3.47. The van der Waals surface area contributed by atoms with Gasteiger partial charge in [0.25, 0.3) is 11.9 Å². The van der Waals surface area contributed by atoms with Crippen LogP contribution in [0.5, 0.6) is 0 Å². The molecule has 12 heteroatoms. The van der Waals surface area contributed by atoms with E-state index in [9.17, 15) is 18.3 Å². The van der Waals surface area contributed by atoms with Crippen molar-refractivity contribution in [3.05, 3.63) is 94.5 Å². The van der Waals surface area contributed by atoms with E-state index in [0.29, 0.717) is 24.5 Å². The lowest BCUT2D eigenvalue weighted by Gasteiger charge is -2.13. The van der Waals surface area contributed by atoms with E-state index in [4.69, 9.17) is 11.6 Å². The number of aliphatic hydroxyl groups excluding tert-OH is 1. The average Bonchev–Trinajstić information content (AvgIpc) is 3.40. The van der Waals surface area contributed by atoms with Crippen molar-refractivity contribution in [2.45, 2.75) is 22.3 Å². The van der Waals surface area contributed by atoms with Crippen LogP contribution in [0.4, 0.5) is 5.95 Å². The number of benzene rings is 3.